The van der Waals surface area contributed by atoms with Crippen molar-refractivity contribution >= 4 is 15.6 Å². The van der Waals surface area contributed by atoms with E-state index in [-0.39, 0.29) is 22.2 Å². The summed E-state index contributed by atoms with van der Waals surface area (Å²) in [7, 11) is -3.46. The fourth-order valence-electron chi connectivity index (χ4n) is 1.70. The van der Waals surface area contributed by atoms with E-state index in [0.717, 1.165) is 0 Å². The van der Waals surface area contributed by atoms with Gasteiger partial charge in [-0.3, -0.25) is 4.79 Å². The van der Waals surface area contributed by atoms with Crippen molar-refractivity contribution in [2.75, 3.05) is 5.75 Å². The molecule has 0 radical (unpaired) electrons. The molecule has 1 aliphatic rings. The van der Waals surface area contributed by atoms with E-state index in [0.29, 0.717) is 0 Å². The summed E-state index contributed by atoms with van der Waals surface area (Å²) in [5.41, 5.74) is -0.957. The van der Waals surface area contributed by atoms with Crippen molar-refractivity contribution in [1.82, 2.24) is 0 Å². The zero-order valence-electron chi connectivity index (χ0n) is 10.2. The molecule has 0 saturated carbocycles. The van der Waals surface area contributed by atoms with Crippen molar-refractivity contribution < 1.29 is 17.9 Å². The molecule has 0 amide bonds. The van der Waals surface area contributed by atoms with E-state index in [4.69, 9.17) is 4.74 Å². The number of rotatable bonds is 3. The first kappa shape index (κ1) is 12.8. The number of hydrogen-bond donors (Lipinski definition) is 0. The number of benzene rings is 1. The highest BCUT2D eigenvalue weighted by molar-refractivity contribution is 7.91. The Morgan fingerprint density at radius 1 is 1.17 bits per heavy atom. The molecule has 2 rings (SSSR count). The summed E-state index contributed by atoms with van der Waals surface area (Å²) in [5.74, 6) is -0.291. The molecule has 0 N–H and O–H groups in total. The van der Waals surface area contributed by atoms with Gasteiger partial charge in [0.25, 0.3) is 0 Å². The summed E-state index contributed by atoms with van der Waals surface area (Å²) in [4.78, 5) is 11.8. The maximum Gasteiger partial charge on any atom is 0.201 e. The van der Waals surface area contributed by atoms with Crippen molar-refractivity contribution in [3.63, 3.8) is 0 Å². The normalized spacial score (nSPS) is 18.3. The second kappa shape index (κ2) is 4.24. The molecule has 0 bridgehead atoms. The van der Waals surface area contributed by atoms with Crippen LogP contribution in [0.2, 0.25) is 0 Å². The first-order valence-corrected chi connectivity index (χ1v) is 7.18. The summed E-state index contributed by atoms with van der Waals surface area (Å²) in [5, 5.41) is 0. The predicted octanol–water partition coefficient (Wildman–Crippen LogP) is 1.72. The lowest BCUT2D eigenvalue weighted by Crippen LogP contribution is -2.28. The Balaban J connectivity index is 2.22. The van der Waals surface area contributed by atoms with Gasteiger partial charge in [0.05, 0.1) is 4.90 Å². The molecular weight excluding hydrogens is 252 g/mol. The van der Waals surface area contributed by atoms with Gasteiger partial charge in [-0.15, -0.1) is 0 Å². The van der Waals surface area contributed by atoms with Gasteiger partial charge < -0.3 is 4.74 Å². The van der Waals surface area contributed by atoms with Gasteiger partial charge in [-0.2, -0.15) is 0 Å². The Morgan fingerprint density at radius 2 is 1.78 bits per heavy atom. The molecular formula is C13H14O4S. The number of carbonyl (C=O) groups is 1. The molecule has 0 spiro atoms. The van der Waals surface area contributed by atoms with Crippen LogP contribution in [0.4, 0.5) is 0 Å². The van der Waals surface area contributed by atoms with Gasteiger partial charge in [-0.25, -0.2) is 8.42 Å². The topological polar surface area (TPSA) is 60.4 Å². The van der Waals surface area contributed by atoms with E-state index in [1.54, 1.807) is 32.0 Å². The highest BCUT2D eigenvalue weighted by Gasteiger charge is 2.36. The molecule has 96 valence electrons. The average molecular weight is 266 g/mol. The lowest BCUT2D eigenvalue weighted by molar-refractivity contribution is -0.126. The molecule has 1 aliphatic heterocycles. The maximum atomic E-state index is 12.1. The third-order valence-corrected chi connectivity index (χ3v) is 4.36. The van der Waals surface area contributed by atoms with Crippen LogP contribution in [0.25, 0.3) is 0 Å². The van der Waals surface area contributed by atoms with Crippen molar-refractivity contribution in [3.8, 4) is 0 Å². The van der Waals surface area contributed by atoms with Gasteiger partial charge in [0.1, 0.15) is 11.5 Å². The highest BCUT2D eigenvalue weighted by Crippen LogP contribution is 2.26. The molecule has 18 heavy (non-hydrogen) atoms. The Kier molecular flexibility index (Phi) is 3.02. The summed E-state index contributed by atoms with van der Waals surface area (Å²) < 4.78 is 29.5. The number of carbonyl (C=O) groups excluding carboxylic acids is 1. The van der Waals surface area contributed by atoms with Crippen LogP contribution < -0.4 is 0 Å². The fourth-order valence-corrected chi connectivity index (χ4v) is 2.95. The van der Waals surface area contributed by atoms with Crippen LogP contribution in [0.5, 0.6) is 0 Å². The summed E-state index contributed by atoms with van der Waals surface area (Å²) in [6.45, 7) is 3.24. The average Bonchev–Trinajstić information content (AvgIpc) is 2.52. The van der Waals surface area contributed by atoms with Gasteiger partial charge >= 0.3 is 0 Å². The Labute approximate surface area is 106 Å². The van der Waals surface area contributed by atoms with Crippen LogP contribution in [0, 0.1) is 0 Å². The minimum absolute atomic E-state index is 0.203. The minimum atomic E-state index is -3.46. The lowest BCUT2D eigenvalue weighted by Gasteiger charge is -2.17. The summed E-state index contributed by atoms with van der Waals surface area (Å²) >= 11 is 0. The molecule has 5 heteroatoms. The largest absolute Gasteiger partial charge is 0.483 e. The number of ketones is 1. The van der Waals surface area contributed by atoms with E-state index in [1.807, 2.05) is 0 Å². The second-order valence-electron chi connectivity index (χ2n) is 4.66. The molecule has 0 atom stereocenters. The summed E-state index contributed by atoms with van der Waals surface area (Å²) in [6.07, 6.45) is 1.26. The summed E-state index contributed by atoms with van der Waals surface area (Å²) in [6, 6.07) is 8.12. The smallest absolute Gasteiger partial charge is 0.201 e. The van der Waals surface area contributed by atoms with E-state index in [9.17, 15) is 13.2 Å². The van der Waals surface area contributed by atoms with Crippen LogP contribution in [0.15, 0.2) is 47.1 Å². The first-order valence-electron chi connectivity index (χ1n) is 5.53. The van der Waals surface area contributed by atoms with Crippen molar-refractivity contribution in [2.45, 2.75) is 24.3 Å². The lowest BCUT2D eigenvalue weighted by atomic mass is 10.1. The van der Waals surface area contributed by atoms with Gasteiger partial charge in [-0.1, -0.05) is 18.2 Å². The second-order valence-corrected chi connectivity index (χ2v) is 6.65. The Morgan fingerprint density at radius 3 is 2.28 bits per heavy atom. The zero-order chi connectivity index (χ0) is 13.4. The number of sulfone groups is 1. The van der Waals surface area contributed by atoms with E-state index in [2.05, 4.69) is 0 Å². The van der Waals surface area contributed by atoms with E-state index in [1.165, 1.54) is 18.2 Å². The molecule has 1 heterocycles. The fraction of sp³-hybridized carbons (Fsp3) is 0.308. The molecule has 0 fully saturated rings. The van der Waals surface area contributed by atoms with Crippen molar-refractivity contribution in [2.24, 2.45) is 0 Å². The quantitative estimate of drug-likeness (QED) is 0.835. The molecule has 0 saturated heterocycles. The van der Waals surface area contributed by atoms with Gasteiger partial charge in [-0.05, 0) is 26.0 Å². The minimum Gasteiger partial charge on any atom is -0.483 e. The number of ether oxygens (including phenoxy) is 1. The molecule has 4 nitrogen and oxygen atoms in total. The predicted molar refractivity (Wildman–Crippen MR) is 66.7 cm³/mol. The van der Waals surface area contributed by atoms with Gasteiger partial charge in [0, 0.05) is 6.08 Å². The van der Waals surface area contributed by atoms with Crippen LogP contribution in [-0.4, -0.2) is 25.6 Å². The molecule has 0 aromatic heterocycles. The maximum absolute atomic E-state index is 12.1. The molecule has 1 aromatic rings. The molecule has 0 aliphatic carbocycles. The van der Waals surface area contributed by atoms with Crippen molar-refractivity contribution in [1.29, 1.82) is 0 Å². The first-order chi connectivity index (χ1) is 8.31. The third-order valence-electron chi connectivity index (χ3n) is 2.71. The van der Waals surface area contributed by atoms with E-state index >= 15 is 0 Å². The zero-order valence-corrected chi connectivity index (χ0v) is 11.0. The van der Waals surface area contributed by atoms with Crippen LogP contribution in [0.3, 0.4) is 0 Å². The Hall–Kier alpha value is -1.62. The third kappa shape index (κ3) is 2.46. The molecule has 0 unspecified atom stereocenters. The van der Waals surface area contributed by atoms with Gasteiger partial charge in [0.2, 0.25) is 5.78 Å². The monoisotopic (exact) mass is 266 g/mol. The number of hydrogen-bond acceptors (Lipinski definition) is 4. The standard InChI is InChI=1S/C13H14O4S/c1-13(2)12(14)8-10(17-13)9-18(15,16)11-6-4-3-5-7-11/h3-8H,9H2,1-2H3. The highest BCUT2D eigenvalue weighted by atomic mass is 32.2. The SMILES string of the molecule is CC1(C)OC(CS(=O)(=O)c2ccccc2)=CC1=O. The van der Waals surface area contributed by atoms with E-state index < -0.39 is 15.4 Å². The van der Waals surface area contributed by atoms with Crippen LogP contribution in [0.1, 0.15) is 13.8 Å². The van der Waals surface area contributed by atoms with Gasteiger partial charge in [0.15, 0.2) is 15.4 Å². The van der Waals surface area contributed by atoms with Crippen LogP contribution in [-0.2, 0) is 19.4 Å². The Bertz CT molecular complexity index is 597. The molecule has 1 aromatic carbocycles. The van der Waals surface area contributed by atoms with Crippen molar-refractivity contribution in [3.05, 3.63) is 42.2 Å². The van der Waals surface area contributed by atoms with Crippen LogP contribution >= 0.6 is 0 Å².